The number of carbonyl (C=O) groups excluding carboxylic acids is 1. The summed E-state index contributed by atoms with van der Waals surface area (Å²) < 4.78 is 6.50. The van der Waals surface area contributed by atoms with Crippen molar-refractivity contribution in [3.05, 3.63) is 35.9 Å². The van der Waals surface area contributed by atoms with Crippen LogP contribution in [0.15, 0.2) is 30.3 Å². The van der Waals surface area contributed by atoms with Gasteiger partial charge in [-0.1, -0.05) is 51.1 Å². The molecule has 1 unspecified atom stereocenters. The molecule has 3 nitrogen and oxygen atoms in total. The summed E-state index contributed by atoms with van der Waals surface area (Å²) in [5.74, 6) is 0. The van der Waals surface area contributed by atoms with E-state index in [2.05, 4.69) is 50.9 Å². The highest BCUT2D eigenvalue weighted by atomic mass is 28.4. The van der Waals surface area contributed by atoms with Gasteiger partial charge < -0.3 is 9.22 Å². The summed E-state index contributed by atoms with van der Waals surface area (Å²) in [4.78, 5) is 13.7. The normalized spacial score (nSPS) is 23.7. The molecule has 0 aliphatic carbocycles. The summed E-state index contributed by atoms with van der Waals surface area (Å²) in [6, 6.07) is 10.3. The fourth-order valence-electron chi connectivity index (χ4n) is 2.71. The van der Waals surface area contributed by atoms with Crippen LogP contribution < -0.4 is 0 Å². The van der Waals surface area contributed by atoms with Gasteiger partial charge in [0.25, 0.3) is 0 Å². The summed E-state index contributed by atoms with van der Waals surface area (Å²) in [7, 11) is -1.78. The molecule has 0 radical (unpaired) electrons. The Hall–Kier alpha value is -0.973. The first-order chi connectivity index (χ1) is 10.2. The fraction of sp³-hybridized carbons (Fsp3) is 0.611. The Morgan fingerprint density at radius 2 is 1.91 bits per heavy atom. The average Bonchev–Trinajstić information content (AvgIpc) is 2.79. The molecule has 1 saturated heterocycles. The SMILES string of the molecule is CC(C)(C)[Si](C)(C)O[C@@H]1CC(C=O)N(Cc2ccccc2)C1. The minimum absolute atomic E-state index is 0.0185. The topological polar surface area (TPSA) is 29.5 Å². The number of rotatable bonds is 5. The lowest BCUT2D eigenvalue weighted by atomic mass is 10.2. The molecule has 0 bridgehead atoms. The van der Waals surface area contributed by atoms with Crippen LogP contribution in [0.1, 0.15) is 32.8 Å². The van der Waals surface area contributed by atoms with Gasteiger partial charge in [0.05, 0.1) is 12.1 Å². The molecule has 0 amide bonds. The minimum Gasteiger partial charge on any atom is -0.413 e. The smallest absolute Gasteiger partial charge is 0.192 e. The van der Waals surface area contributed by atoms with Crippen LogP contribution in [-0.4, -0.2) is 38.2 Å². The maximum absolute atomic E-state index is 11.4. The van der Waals surface area contributed by atoms with Crippen LogP contribution in [0.2, 0.25) is 18.1 Å². The Labute approximate surface area is 135 Å². The Balaban J connectivity index is 2.02. The van der Waals surface area contributed by atoms with Crippen molar-refractivity contribution in [3.8, 4) is 0 Å². The largest absolute Gasteiger partial charge is 0.413 e. The van der Waals surface area contributed by atoms with Gasteiger partial charge in [-0.15, -0.1) is 0 Å². The fourth-order valence-corrected chi connectivity index (χ4v) is 4.07. The molecule has 0 aromatic heterocycles. The highest BCUT2D eigenvalue weighted by molar-refractivity contribution is 6.74. The van der Waals surface area contributed by atoms with Crippen LogP contribution in [0.4, 0.5) is 0 Å². The van der Waals surface area contributed by atoms with E-state index in [0.717, 1.165) is 25.8 Å². The maximum atomic E-state index is 11.4. The number of hydrogen-bond acceptors (Lipinski definition) is 3. The van der Waals surface area contributed by atoms with Crippen molar-refractivity contribution in [2.75, 3.05) is 6.54 Å². The molecule has 1 fully saturated rings. The Bertz CT molecular complexity index is 496. The molecule has 0 saturated carbocycles. The molecule has 0 N–H and O–H groups in total. The summed E-state index contributed by atoms with van der Waals surface area (Å²) in [6.07, 6.45) is 2.08. The van der Waals surface area contributed by atoms with Gasteiger partial charge in [-0.25, -0.2) is 0 Å². The van der Waals surface area contributed by atoms with Gasteiger partial charge in [0.1, 0.15) is 6.29 Å². The number of benzene rings is 1. The molecular weight excluding hydrogens is 290 g/mol. The first kappa shape index (κ1) is 17.4. The second-order valence-corrected chi connectivity index (χ2v) is 12.6. The van der Waals surface area contributed by atoms with Gasteiger partial charge >= 0.3 is 0 Å². The monoisotopic (exact) mass is 319 g/mol. The maximum Gasteiger partial charge on any atom is 0.192 e. The van der Waals surface area contributed by atoms with Crippen molar-refractivity contribution in [1.29, 1.82) is 0 Å². The third kappa shape index (κ3) is 4.06. The quantitative estimate of drug-likeness (QED) is 0.610. The molecule has 1 aliphatic heterocycles. The van der Waals surface area contributed by atoms with E-state index in [0.29, 0.717) is 0 Å². The van der Waals surface area contributed by atoms with Crippen LogP contribution in [0, 0.1) is 0 Å². The van der Waals surface area contributed by atoms with Crippen molar-refractivity contribution in [3.63, 3.8) is 0 Å². The van der Waals surface area contributed by atoms with E-state index in [4.69, 9.17) is 4.43 Å². The van der Waals surface area contributed by atoms with Crippen molar-refractivity contribution >= 4 is 14.6 Å². The van der Waals surface area contributed by atoms with Gasteiger partial charge in [0.2, 0.25) is 0 Å². The van der Waals surface area contributed by atoms with Crippen LogP contribution in [-0.2, 0) is 15.8 Å². The zero-order valence-corrected chi connectivity index (χ0v) is 15.5. The summed E-state index contributed by atoms with van der Waals surface area (Å²) in [5, 5.41) is 0.205. The Kier molecular flexibility index (Phi) is 5.25. The number of hydrogen-bond donors (Lipinski definition) is 0. The van der Waals surface area contributed by atoms with Crippen molar-refractivity contribution in [1.82, 2.24) is 4.90 Å². The molecule has 1 aromatic carbocycles. The molecule has 4 heteroatoms. The zero-order chi connectivity index (χ0) is 16.4. The van der Waals surface area contributed by atoms with Gasteiger partial charge in [0.15, 0.2) is 8.32 Å². The van der Waals surface area contributed by atoms with Gasteiger partial charge in [-0.05, 0) is 30.1 Å². The van der Waals surface area contributed by atoms with Gasteiger partial charge in [-0.2, -0.15) is 0 Å². The second-order valence-electron chi connectivity index (χ2n) is 7.85. The third-order valence-corrected chi connectivity index (χ3v) is 9.60. The first-order valence-corrected chi connectivity index (χ1v) is 11.0. The average molecular weight is 320 g/mol. The molecule has 2 atom stereocenters. The van der Waals surface area contributed by atoms with Crippen LogP contribution in [0.25, 0.3) is 0 Å². The van der Waals surface area contributed by atoms with Crippen molar-refractivity contribution < 1.29 is 9.22 Å². The van der Waals surface area contributed by atoms with E-state index in [9.17, 15) is 4.79 Å². The lowest BCUT2D eigenvalue weighted by molar-refractivity contribution is -0.111. The molecule has 0 spiro atoms. The lowest BCUT2D eigenvalue weighted by Crippen LogP contribution is -2.44. The van der Waals surface area contributed by atoms with E-state index in [1.807, 2.05) is 18.2 Å². The molecular formula is C18H29NO2Si. The number of aldehydes is 1. The number of likely N-dealkylation sites (tertiary alicyclic amines) is 1. The highest BCUT2D eigenvalue weighted by Crippen LogP contribution is 2.38. The molecule has 2 rings (SSSR count). The summed E-state index contributed by atoms with van der Waals surface area (Å²) in [5.41, 5.74) is 1.25. The van der Waals surface area contributed by atoms with Crippen LogP contribution in [0.3, 0.4) is 0 Å². The highest BCUT2D eigenvalue weighted by Gasteiger charge is 2.42. The minimum atomic E-state index is -1.78. The lowest BCUT2D eigenvalue weighted by Gasteiger charge is -2.38. The van der Waals surface area contributed by atoms with E-state index in [1.54, 1.807) is 0 Å². The summed E-state index contributed by atoms with van der Waals surface area (Å²) >= 11 is 0. The molecule has 1 aromatic rings. The van der Waals surface area contributed by atoms with E-state index < -0.39 is 8.32 Å². The standard InChI is InChI=1S/C18H29NO2Si/c1-18(2,3)22(4,5)21-17-11-16(14-20)19(13-17)12-15-9-7-6-8-10-15/h6-10,14,16-17H,11-13H2,1-5H3/t16?,17-/m1/s1. The third-order valence-electron chi connectivity index (χ3n) is 5.06. The number of carbonyl (C=O) groups is 1. The molecule has 122 valence electrons. The zero-order valence-electron chi connectivity index (χ0n) is 14.5. The van der Waals surface area contributed by atoms with Gasteiger partial charge in [0, 0.05) is 13.1 Å². The van der Waals surface area contributed by atoms with Crippen LogP contribution in [0.5, 0.6) is 0 Å². The Morgan fingerprint density at radius 3 is 2.45 bits per heavy atom. The summed E-state index contributed by atoms with van der Waals surface area (Å²) in [6.45, 7) is 13.0. The van der Waals surface area contributed by atoms with Gasteiger partial charge in [-0.3, -0.25) is 4.90 Å². The second kappa shape index (κ2) is 6.65. The molecule has 22 heavy (non-hydrogen) atoms. The van der Waals surface area contributed by atoms with E-state index in [-0.39, 0.29) is 17.2 Å². The predicted octanol–water partition coefficient (Wildman–Crippen LogP) is 3.85. The van der Waals surface area contributed by atoms with E-state index >= 15 is 0 Å². The van der Waals surface area contributed by atoms with Crippen LogP contribution >= 0.6 is 0 Å². The molecule has 1 aliphatic rings. The molecule has 1 heterocycles. The predicted molar refractivity (Wildman–Crippen MR) is 93.4 cm³/mol. The number of nitrogens with zero attached hydrogens (tertiary/aromatic N) is 1. The van der Waals surface area contributed by atoms with Crippen molar-refractivity contribution in [2.45, 2.75) is 64.0 Å². The first-order valence-electron chi connectivity index (χ1n) is 8.14. The van der Waals surface area contributed by atoms with Crippen molar-refractivity contribution in [2.24, 2.45) is 0 Å². The van der Waals surface area contributed by atoms with E-state index in [1.165, 1.54) is 5.56 Å². The Morgan fingerprint density at radius 1 is 1.27 bits per heavy atom.